The molecular formula is C18H27BrN2O2. The molecule has 0 aliphatic carbocycles. The standard InChI is InChI=1S/C18H27BrN2O2/c1-18(2,3)23-17(22)21-11-5-8-16(13-21)20-10-9-14-6-4-7-15(19)12-14/h4,6-7,12,16,20H,5,8-11,13H2,1-3H3/t16-/m1/s1. The molecule has 0 unspecified atom stereocenters. The molecule has 23 heavy (non-hydrogen) atoms. The average molecular weight is 383 g/mol. The van der Waals surface area contributed by atoms with E-state index >= 15 is 0 Å². The first kappa shape index (κ1) is 18.3. The highest BCUT2D eigenvalue weighted by molar-refractivity contribution is 9.10. The molecule has 0 bridgehead atoms. The molecule has 4 nitrogen and oxygen atoms in total. The van der Waals surface area contributed by atoms with Crippen LogP contribution in [0.4, 0.5) is 4.79 Å². The van der Waals surface area contributed by atoms with Crippen molar-refractivity contribution in [2.75, 3.05) is 19.6 Å². The van der Waals surface area contributed by atoms with Gasteiger partial charge in [-0.05, 0) is 64.3 Å². The fraction of sp³-hybridized carbons (Fsp3) is 0.611. The maximum Gasteiger partial charge on any atom is 0.410 e. The molecule has 128 valence electrons. The molecule has 1 N–H and O–H groups in total. The van der Waals surface area contributed by atoms with Gasteiger partial charge in [-0.1, -0.05) is 28.1 Å². The Bertz CT molecular complexity index is 528. The minimum Gasteiger partial charge on any atom is -0.444 e. The van der Waals surface area contributed by atoms with E-state index in [2.05, 4.69) is 39.4 Å². The number of rotatable bonds is 4. The summed E-state index contributed by atoms with van der Waals surface area (Å²) in [5.74, 6) is 0. The Morgan fingerprint density at radius 2 is 2.22 bits per heavy atom. The number of benzene rings is 1. The van der Waals surface area contributed by atoms with Crippen LogP contribution in [-0.4, -0.2) is 42.3 Å². The van der Waals surface area contributed by atoms with Crippen molar-refractivity contribution >= 4 is 22.0 Å². The zero-order valence-electron chi connectivity index (χ0n) is 14.3. The molecule has 1 aromatic rings. The quantitative estimate of drug-likeness (QED) is 0.855. The summed E-state index contributed by atoms with van der Waals surface area (Å²) in [6.45, 7) is 8.16. The molecule has 0 saturated carbocycles. The molecule has 1 amide bonds. The third-order valence-corrected chi connectivity index (χ3v) is 4.30. The van der Waals surface area contributed by atoms with Crippen LogP contribution in [0.15, 0.2) is 28.7 Å². The number of piperidine rings is 1. The van der Waals surface area contributed by atoms with Crippen molar-refractivity contribution in [3.8, 4) is 0 Å². The summed E-state index contributed by atoms with van der Waals surface area (Å²) in [5.41, 5.74) is 0.879. The van der Waals surface area contributed by atoms with Crippen molar-refractivity contribution in [2.24, 2.45) is 0 Å². The van der Waals surface area contributed by atoms with Crippen LogP contribution in [0.3, 0.4) is 0 Å². The van der Waals surface area contributed by atoms with Crippen molar-refractivity contribution in [1.29, 1.82) is 0 Å². The highest BCUT2D eigenvalue weighted by Gasteiger charge is 2.27. The number of carbonyl (C=O) groups excluding carboxylic acids is 1. The monoisotopic (exact) mass is 382 g/mol. The molecule has 1 aliphatic heterocycles. The molecular weight excluding hydrogens is 356 g/mol. The zero-order chi connectivity index (χ0) is 16.9. The fourth-order valence-corrected chi connectivity index (χ4v) is 3.20. The predicted octanol–water partition coefficient (Wildman–Crippen LogP) is 3.98. The number of likely N-dealkylation sites (tertiary alicyclic amines) is 1. The first-order chi connectivity index (χ1) is 10.8. The maximum absolute atomic E-state index is 12.2. The SMILES string of the molecule is CC(C)(C)OC(=O)N1CCC[C@@H](NCCc2cccc(Br)c2)C1. The van der Waals surface area contributed by atoms with Gasteiger partial charge in [-0.15, -0.1) is 0 Å². The van der Waals surface area contributed by atoms with Gasteiger partial charge < -0.3 is 15.0 Å². The average Bonchev–Trinajstić information content (AvgIpc) is 2.46. The number of hydrogen-bond acceptors (Lipinski definition) is 3. The highest BCUT2D eigenvalue weighted by Crippen LogP contribution is 2.16. The maximum atomic E-state index is 12.2. The molecule has 2 rings (SSSR count). The van der Waals surface area contributed by atoms with E-state index in [4.69, 9.17) is 4.74 Å². The molecule has 0 aromatic heterocycles. The first-order valence-corrected chi connectivity index (χ1v) is 9.08. The van der Waals surface area contributed by atoms with Crippen LogP contribution in [0.1, 0.15) is 39.2 Å². The lowest BCUT2D eigenvalue weighted by atomic mass is 10.1. The van der Waals surface area contributed by atoms with Crippen LogP contribution in [-0.2, 0) is 11.2 Å². The van der Waals surface area contributed by atoms with Crippen LogP contribution in [0.5, 0.6) is 0 Å². The molecule has 1 fully saturated rings. The van der Waals surface area contributed by atoms with Crippen LogP contribution in [0.2, 0.25) is 0 Å². The normalized spacial score (nSPS) is 18.8. The second-order valence-corrected chi connectivity index (χ2v) is 8.02. The van der Waals surface area contributed by atoms with Crippen molar-refractivity contribution < 1.29 is 9.53 Å². The molecule has 1 atom stereocenters. The Morgan fingerprint density at radius 3 is 2.91 bits per heavy atom. The Hall–Kier alpha value is -1.07. The van der Waals surface area contributed by atoms with Crippen LogP contribution >= 0.6 is 15.9 Å². The van der Waals surface area contributed by atoms with E-state index in [0.29, 0.717) is 6.04 Å². The topological polar surface area (TPSA) is 41.6 Å². The van der Waals surface area contributed by atoms with Crippen LogP contribution < -0.4 is 5.32 Å². The van der Waals surface area contributed by atoms with Gasteiger partial charge in [0.05, 0.1) is 0 Å². The Balaban J connectivity index is 1.76. The summed E-state index contributed by atoms with van der Waals surface area (Å²) < 4.78 is 6.58. The number of halogens is 1. The number of hydrogen-bond donors (Lipinski definition) is 1. The lowest BCUT2D eigenvalue weighted by Gasteiger charge is -2.34. The van der Waals surface area contributed by atoms with Gasteiger partial charge in [0.1, 0.15) is 5.60 Å². The largest absolute Gasteiger partial charge is 0.444 e. The van der Waals surface area contributed by atoms with E-state index in [1.54, 1.807) is 0 Å². The number of carbonyl (C=O) groups is 1. The summed E-state index contributed by atoms with van der Waals surface area (Å²) in [6.07, 6.45) is 2.92. The number of nitrogens with zero attached hydrogens (tertiary/aromatic N) is 1. The summed E-state index contributed by atoms with van der Waals surface area (Å²) >= 11 is 3.50. The molecule has 5 heteroatoms. The van der Waals surface area contributed by atoms with Gasteiger partial charge in [0.15, 0.2) is 0 Å². The van der Waals surface area contributed by atoms with Crippen molar-refractivity contribution in [1.82, 2.24) is 10.2 Å². The summed E-state index contributed by atoms with van der Waals surface area (Å²) in [4.78, 5) is 14.0. The highest BCUT2D eigenvalue weighted by atomic mass is 79.9. The van der Waals surface area contributed by atoms with Gasteiger partial charge in [-0.25, -0.2) is 4.79 Å². The van der Waals surface area contributed by atoms with E-state index in [0.717, 1.165) is 43.4 Å². The minimum atomic E-state index is -0.432. The van der Waals surface area contributed by atoms with Gasteiger partial charge in [0.2, 0.25) is 0 Å². The van der Waals surface area contributed by atoms with E-state index < -0.39 is 5.60 Å². The second kappa shape index (κ2) is 8.15. The van der Waals surface area contributed by atoms with E-state index in [1.165, 1.54) is 5.56 Å². The van der Waals surface area contributed by atoms with Crippen molar-refractivity contribution in [3.05, 3.63) is 34.3 Å². The lowest BCUT2D eigenvalue weighted by molar-refractivity contribution is 0.0188. The first-order valence-electron chi connectivity index (χ1n) is 8.29. The second-order valence-electron chi connectivity index (χ2n) is 7.10. The van der Waals surface area contributed by atoms with Crippen LogP contribution in [0, 0.1) is 0 Å². The molecule has 0 radical (unpaired) electrons. The minimum absolute atomic E-state index is 0.198. The van der Waals surface area contributed by atoms with Crippen LogP contribution in [0.25, 0.3) is 0 Å². The molecule has 1 aromatic carbocycles. The molecule has 1 aliphatic rings. The van der Waals surface area contributed by atoms with Gasteiger partial charge in [0, 0.05) is 23.6 Å². The number of nitrogens with one attached hydrogen (secondary N) is 1. The number of ether oxygens (including phenoxy) is 1. The number of amides is 1. The summed E-state index contributed by atoms with van der Waals surface area (Å²) in [7, 11) is 0. The van der Waals surface area contributed by atoms with Gasteiger partial charge in [-0.3, -0.25) is 0 Å². The van der Waals surface area contributed by atoms with Gasteiger partial charge in [0.25, 0.3) is 0 Å². The molecule has 1 heterocycles. The van der Waals surface area contributed by atoms with Crippen molar-refractivity contribution in [2.45, 2.75) is 51.7 Å². The Labute approximate surface area is 147 Å². The lowest BCUT2D eigenvalue weighted by Crippen LogP contribution is -2.49. The van der Waals surface area contributed by atoms with Crippen molar-refractivity contribution in [3.63, 3.8) is 0 Å². The van der Waals surface area contributed by atoms with E-state index in [9.17, 15) is 4.79 Å². The third-order valence-electron chi connectivity index (χ3n) is 3.81. The Kier molecular flexibility index (Phi) is 6.48. The van der Waals surface area contributed by atoms with E-state index in [-0.39, 0.29) is 6.09 Å². The molecule has 0 spiro atoms. The predicted molar refractivity (Wildman–Crippen MR) is 96.7 cm³/mol. The fourth-order valence-electron chi connectivity index (χ4n) is 2.75. The Morgan fingerprint density at radius 1 is 1.43 bits per heavy atom. The molecule has 1 saturated heterocycles. The van der Waals surface area contributed by atoms with Gasteiger partial charge in [-0.2, -0.15) is 0 Å². The van der Waals surface area contributed by atoms with Gasteiger partial charge >= 0.3 is 6.09 Å². The smallest absolute Gasteiger partial charge is 0.410 e. The third kappa shape index (κ3) is 6.51. The zero-order valence-corrected chi connectivity index (χ0v) is 15.9. The summed E-state index contributed by atoms with van der Waals surface area (Å²) in [5, 5.41) is 3.57. The van der Waals surface area contributed by atoms with E-state index in [1.807, 2.05) is 31.7 Å². The summed E-state index contributed by atoms with van der Waals surface area (Å²) in [6, 6.07) is 8.74.